The third-order valence-corrected chi connectivity index (χ3v) is 10.2. The van der Waals surface area contributed by atoms with E-state index in [2.05, 4.69) is 42.5 Å². The standard InChI is InChI=1S/C44H70N10O15/c1-21(2)15-27(49-42(66)32(20-56)53-39(63)29(18-34(58)59)50-41(65)31(19-55)52-36(60)24(7)45)38(62)47-26(13-14-33(46)57)37(61)48-28(16-22(3)4)40(64)54-35(23(5)6)43(67)51-30(44(68)69)17-25-11-9-8-10-12-25/h8-12,21-24,26-32,35,55-56H,13-20,45H2,1-7H3,(H2,46,57)(H,47,62)(H,48,61)(H,49,66)(H,50,65)(H,51,67)(H,52,60)(H,53,63)(H,54,64)(H,58,59)(H,68,69)/t24-,26-,27-,28-,29-,30-,31-,32-,35-/m0/s1. The monoisotopic (exact) mass is 979 g/mol. The van der Waals surface area contributed by atoms with Crippen molar-refractivity contribution in [1.82, 2.24) is 42.5 Å². The predicted octanol–water partition coefficient (Wildman–Crippen LogP) is -3.99. The molecule has 9 amide bonds. The van der Waals surface area contributed by atoms with Crippen molar-refractivity contribution in [2.45, 2.75) is 141 Å². The Morgan fingerprint density at radius 1 is 0.507 bits per heavy atom. The van der Waals surface area contributed by atoms with Gasteiger partial charge >= 0.3 is 11.9 Å². The molecule has 1 aromatic rings. The minimum absolute atomic E-state index is 0.00962. The van der Waals surface area contributed by atoms with Crippen LogP contribution in [0.25, 0.3) is 0 Å². The van der Waals surface area contributed by atoms with Crippen molar-refractivity contribution in [1.29, 1.82) is 0 Å². The van der Waals surface area contributed by atoms with E-state index in [1.54, 1.807) is 71.9 Å². The number of benzene rings is 1. The van der Waals surface area contributed by atoms with Crippen LogP contribution in [0.1, 0.15) is 86.1 Å². The van der Waals surface area contributed by atoms with Gasteiger partial charge in [0, 0.05) is 12.8 Å². The molecule has 25 nitrogen and oxygen atoms in total. The lowest BCUT2D eigenvalue weighted by atomic mass is 9.98. The molecule has 0 aromatic heterocycles. The maximum Gasteiger partial charge on any atom is 0.326 e. The quantitative estimate of drug-likeness (QED) is 0.0337. The summed E-state index contributed by atoms with van der Waals surface area (Å²) in [6.07, 6.45) is -2.03. The van der Waals surface area contributed by atoms with Crippen molar-refractivity contribution in [3.63, 3.8) is 0 Å². The van der Waals surface area contributed by atoms with Crippen LogP contribution in [-0.4, -0.2) is 153 Å². The highest BCUT2D eigenvalue weighted by Crippen LogP contribution is 2.12. The second kappa shape index (κ2) is 29.9. The zero-order chi connectivity index (χ0) is 52.7. The van der Waals surface area contributed by atoms with Gasteiger partial charge in [0.1, 0.15) is 48.3 Å². The van der Waals surface area contributed by atoms with Crippen LogP contribution in [0.5, 0.6) is 0 Å². The van der Waals surface area contributed by atoms with Gasteiger partial charge in [-0.25, -0.2) is 4.79 Å². The highest BCUT2D eigenvalue weighted by molar-refractivity contribution is 5.99. The van der Waals surface area contributed by atoms with Crippen molar-refractivity contribution >= 4 is 65.1 Å². The molecule has 9 atom stereocenters. The molecule has 386 valence electrons. The van der Waals surface area contributed by atoms with Crippen LogP contribution in [0.4, 0.5) is 0 Å². The summed E-state index contributed by atoms with van der Waals surface area (Å²) in [7, 11) is 0. The number of nitrogens with one attached hydrogen (secondary N) is 8. The van der Waals surface area contributed by atoms with E-state index in [1.807, 2.05) is 0 Å². The third kappa shape index (κ3) is 22.3. The molecule has 1 aromatic carbocycles. The largest absolute Gasteiger partial charge is 0.481 e. The first-order valence-electron chi connectivity index (χ1n) is 22.4. The number of aliphatic hydroxyl groups excluding tert-OH is 2. The van der Waals surface area contributed by atoms with E-state index in [1.165, 1.54) is 6.92 Å². The molecule has 69 heavy (non-hydrogen) atoms. The number of hydrogen-bond donors (Lipinski definition) is 14. The number of amides is 9. The van der Waals surface area contributed by atoms with E-state index in [0.29, 0.717) is 5.56 Å². The Hall–Kier alpha value is -6.73. The fraction of sp³-hybridized carbons (Fsp3) is 0.614. The molecule has 0 fully saturated rings. The van der Waals surface area contributed by atoms with Gasteiger partial charge in [-0.05, 0) is 49.5 Å². The highest BCUT2D eigenvalue weighted by atomic mass is 16.4. The van der Waals surface area contributed by atoms with Crippen LogP contribution >= 0.6 is 0 Å². The number of carbonyl (C=O) groups is 11. The van der Waals surface area contributed by atoms with E-state index >= 15 is 0 Å². The summed E-state index contributed by atoms with van der Waals surface area (Å²) in [5.41, 5.74) is 11.5. The zero-order valence-corrected chi connectivity index (χ0v) is 39.9. The van der Waals surface area contributed by atoms with Gasteiger partial charge < -0.3 is 74.4 Å². The number of nitrogens with two attached hydrogens (primary N) is 2. The lowest BCUT2D eigenvalue weighted by Crippen LogP contribution is -2.61. The lowest BCUT2D eigenvalue weighted by molar-refractivity contribution is -0.142. The summed E-state index contributed by atoms with van der Waals surface area (Å²) >= 11 is 0. The minimum atomic E-state index is -1.92. The topological polar surface area (TPSA) is 417 Å². The Bertz CT molecular complexity index is 1950. The number of carboxylic acid groups (broad SMARTS) is 2. The van der Waals surface area contributed by atoms with Crippen LogP contribution in [0.15, 0.2) is 30.3 Å². The maximum atomic E-state index is 14.0. The van der Waals surface area contributed by atoms with E-state index in [0.717, 1.165) is 0 Å². The number of primary amides is 1. The predicted molar refractivity (Wildman–Crippen MR) is 245 cm³/mol. The van der Waals surface area contributed by atoms with Gasteiger partial charge in [0.15, 0.2) is 0 Å². The summed E-state index contributed by atoms with van der Waals surface area (Å²) < 4.78 is 0. The number of aliphatic carboxylic acids is 2. The second-order valence-corrected chi connectivity index (χ2v) is 17.7. The Balaban J connectivity index is 3.35. The molecular formula is C44H70N10O15. The van der Waals surface area contributed by atoms with Crippen LogP contribution < -0.4 is 54.0 Å². The zero-order valence-electron chi connectivity index (χ0n) is 39.9. The van der Waals surface area contributed by atoms with Gasteiger partial charge in [-0.3, -0.25) is 47.9 Å². The van der Waals surface area contributed by atoms with Gasteiger partial charge in [-0.1, -0.05) is 71.9 Å². The normalized spacial score (nSPS) is 15.1. The molecule has 0 unspecified atom stereocenters. The summed E-state index contributed by atoms with van der Waals surface area (Å²) in [5.74, 6) is -13.0. The smallest absolute Gasteiger partial charge is 0.326 e. The molecule has 0 aliphatic heterocycles. The van der Waals surface area contributed by atoms with Crippen LogP contribution in [0, 0.1) is 17.8 Å². The van der Waals surface area contributed by atoms with E-state index in [-0.39, 0.29) is 31.1 Å². The lowest BCUT2D eigenvalue weighted by Gasteiger charge is -2.29. The Morgan fingerprint density at radius 2 is 0.899 bits per heavy atom. The average molecular weight is 979 g/mol. The van der Waals surface area contributed by atoms with Gasteiger partial charge in [0.05, 0.1) is 25.7 Å². The first kappa shape index (κ1) is 60.3. The number of carbonyl (C=O) groups excluding carboxylic acids is 9. The summed E-state index contributed by atoms with van der Waals surface area (Å²) in [4.78, 5) is 142. The number of rotatable bonds is 31. The highest BCUT2D eigenvalue weighted by Gasteiger charge is 2.36. The molecule has 1 rings (SSSR count). The van der Waals surface area contributed by atoms with E-state index in [9.17, 15) is 73.2 Å². The van der Waals surface area contributed by atoms with Crippen LogP contribution in [0.3, 0.4) is 0 Å². The Labute approximate surface area is 399 Å². The minimum Gasteiger partial charge on any atom is -0.481 e. The number of aliphatic hydroxyl groups is 2. The molecule has 25 heteroatoms. The van der Waals surface area contributed by atoms with Crippen molar-refractivity contribution in [3.05, 3.63) is 35.9 Å². The summed E-state index contributed by atoms with van der Waals surface area (Å²) in [5, 5.41) is 57.8. The fourth-order valence-electron chi connectivity index (χ4n) is 6.50. The molecule has 0 spiro atoms. The molecule has 0 heterocycles. The van der Waals surface area contributed by atoms with Crippen molar-refractivity contribution in [2.24, 2.45) is 29.2 Å². The van der Waals surface area contributed by atoms with Crippen LogP contribution in [-0.2, 0) is 59.2 Å². The van der Waals surface area contributed by atoms with Crippen molar-refractivity contribution < 1.29 is 73.2 Å². The molecule has 0 saturated heterocycles. The molecule has 0 aliphatic rings. The molecule has 0 bridgehead atoms. The van der Waals surface area contributed by atoms with E-state index < -0.39 is 158 Å². The first-order chi connectivity index (χ1) is 32.2. The molecule has 0 saturated carbocycles. The van der Waals surface area contributed by atoms with Gasteiger partial charge in [0.2, 0.25) is 53.2 Å². The summed E-state index contributed by atoms with van der Waals surface area (Å²) in [6, 6.07) is -4.97. The van der Waals surface area contributed by atoms with Gasteiger partial charge in [-0.2, -0.15) is 0 Å². The fourth-order valence-corrected chi connectivity index (χ4v) is 6.50. The summed E-state index contributed by atoms with van der Waals surface area (Å²) in [6.45, 7) is 9.28. The Morgan fingerprint density at radius 3 is 1.32 bits per heavy atom. The van der Waals surface area contributed by atoms with Crippen molar-refractivity contribution in [2.75, 3.05) is 13.2 Å². The molecule has 16 N–H and O–H groups in total. The molecule has 0 aliphatic carbocycles. The molecular weight excluding hydrogens is 909 g/mol. The van der Waals surface area contributed by atoms with Gasteiger partial charge in [-0.15, -0.1) is 0 Å². The molecule has 0 radical (unpaired) electrons. The van der Waals surface area contributed by atoms with E-state index in [4.69, 9.17) is 11.5 Å². The maximum absolute atomic E-state index is 14.0. The van der Waals surface area contributed by atoms with Crippen LogP contribution in [0.2, 0.25) is 0 Å². The number of carboxylic acids is 2. The second-order valence-electron chi connectivity index (χ2n) is 17.7. The third-order valence-electron chi connectivity index (χ3n) is 10.2. The van der Waals surface area contributed by atoms with Crippen molar-refractivity contribution in [3.8, 4) is 0 Å². The average Bonchev–Trinajstić information content (AvgIpc) is 3.25. The van der Waals surface area contributed by atoms with Gasteiger partial charge in [0.25, 0.3) is 0 Å². The Kier molecular flexibility index (Phi) is 26.1. The SMILES string of the molecule is CC(C)C[C@H](NC(=O)[C@H](CO)NC(=O)[C@H](CC(=O)O)NC(=O)[C@H](CO)NC(=O)[C@H](C)N)C(=O)N[C@@H](CCC(N)=O)C(=O)N[C@@H](CC(C)C)C(=O)N[C@H](C(=O)N[C@@H](Cc1ccccc1)C(=O)O)C(C)C. The first-order valence-corrected chi connectivity index (χ1v) is 22.4. The number of hydrogen-bond acceptors (Lipinski definition) is 14.